The predicted octanol–water partition coefficient (Wildman–Crippen LogP) is 2.55. The van der Waals surface area contributed by atoms with Gasteiger partial charge in [0.15, 0.2) is 0 Å². The fourth-order valence-electron chi connectivity index (χ4n) is 2.76. The van der Waals surface area contributed by atoms with E-state index in [-0.39, 0.29) is 6.04 Å². The first kappa shape index (κ1) is 13.5. The molecule has 2 aromatic heterocycles. The third-order valence-electron chi connectivity index (χ3n) is 3.78. The van der Waals surface area contributed by atoms with Gasteiger partial charge < -0.3 is 10.6 Å². The molecule has 2 atom stereocenters. The second-order valence-corrected chi connectivity index (χ2v) is 6.49. The largest absolute Gasteiger partial charge is 0.334 e. The average Bonchev–Trinajstić information content (AvgIpc) is 2.89. The Morgan fingerprint density at radius 2 is 2.20 bits per heavy atom. The van der Waals surface area contributed by atoms with Gasteiger partial charge in [0.25, 0.3) is 0 Å². The maximum absolute atomic E-state index is 5.80. The highest BCUT2D eigenvalue weighted by Gasteiger charge is 2.26. The number of hydrogen-bond donors (Lipinski definition) is 1. The van der Waals surface area contributed by atoms with Crippen LogP contribution >= 0.6 is 11.3 Å². The smallest absolute Gasteiger partial charge is 0.225 e. The summed E-state index contributed by atoms with van der Waals surface area (Å²) in [6, 6.07) is 2.72. The normalized spacial score (nSPS) is 19.8. The molecule has 0 bridgehead atoms. The first-order chi connectivity index (χ1) is 9.65. The first-order valence-electron chi connectivity index (χ1n) is 7.04. The molecule has 0 spiro atoms. The number of fused-ring (bicyclic) bond motifs is 1. The Balaban J connectivity index is 1.80. The molecule has 0 radical (unpaired) electrons. The SMILES string of the molecule is CC(N)Cc1cnc(N2CCc3sccc3C2C)nc1. The standard InChI is InChI=1S/C15H20N4S/c1-10(16)7-12-8-17-15(18-9-12)19-5-3-14-13(11(19)2)4-6-20-14/h4,6,8-11H,3,5,7,16H2,1-2H3. The minimum atomic E-state index is 0.145. The van der Waals surface area contributed by atoms with Gasteiger partial charge in [0.2, 0.25) is 5.95 Å². The highest BCUT2D eigenvalue weighted by molar-refractivity contribution is 7.10. The quantitative estimate of drug-likeness (QED) is 0.943. The Bertz CT molecular complexity index is 576. The number of thiophene rings is 1. The van der Waals surface area contributed by atoms with Crippen LogP contribution in [0.3, 0.4) is 0 Å². The van der Waals surface area contributed by atoms with Crippen LogP contribution in [0.2, 0.25) is 0 Å². The van der Waals surface area contributed by atoms with Gasteiger partial charge in [0, 0.05) is 29.9 Å². The molecule has 20 heavy (non-hydrogen) atoms. The molecule has 1 aliphatic rings. The summed E-state index contributed by atoms with van der Waals surface area (Å²) in [4.78, 5) is 12.8. The van der Waals surface area contributed by atoms with Crippen molar-refractivity contribution in [1.29, 1.82) is 0 Å². The Labute approximate surface area is 123 Å². The van der Waals surface area contributed by atoms with Crippen LogP contribution in [0.15, 0.2) is 23.8 Å². The van der Waals surface area contributed by atoms with Gasteiger partial charge in [0.1, 0.15) is 0 Å². The van der Waals surface area contributed by atoms with E-state index in [4.69, 9.17) is 5.73 Å². The molecule has 0 fully saturated rings. The van der Waals surface area contributed by atoms with E-state index >= 15 is 0 Å². The van der Waals surface area contributed by atoms with Crippen molar-refractivity contribution in [2.45, 2.75) is 38.8 Å². The Morgan fingerprint density at radius 1 is 1.45 bits per heavy atom. The lowest BCUT2D eigenvalue weighted by atomic mass is 10.0. The van der Waals surface area contributed by atoms with Crippen LogP contribution in [0.1, 0.15) is 35.9 Å². The average molecular weight is 288 g/mol. The van der Waals surface area contributed by atoms with E-state index < -0.39 is 0 Å². The highest BCUT2D eigenvalue weighted by atomic mass is 32.1. The first-order valence-corrected chi connectivity index (χ1v) is 7.92. The molecule has 2 N–H and O–H groups in total. The molecule has 106 valence electrons. The minimum absolute atomic E-state index is 0.145. The third-order valence-corrected chi connectivity index (χ3v) is 4.78. The van der Waals surface area contributed by atoms with Crippen LogP contribution in [0.4, 0.5) is 5.95 Å². The van der Waals surface area contributed by atoms with Gasteiger partial charge in [0.05, 0.1) is 6.04 Å². The molecule has 0 aliphatic carbocycles. The summed E-state index contributed by atoms with van der Waals surface area (Å²) in [5.41, 5.74) is 8.33. The van der Waals surface area contributed by atoms with Crippen molar-refractivity contribution in [3.63, 3.8) is 0 Å². The van der Waals surface area contributed by atoms with E-state index in [1.807, 2.05) is 30.7 Å². The summed E-state index contributed by atoms with van der Waals surface area (Å²) in [6.07, 6.45) is 5.72. The topological polar surface area (TPSA) is 55.0 Å². The highest BCUT2D eigenvalue weighted by Crippen LogP contribution is 2.34. The van der Waals surface area contributed by atoms with Gasteiger partial charge >= 0.3 is 0 Å². The minimum Gasteiger partial charge on any atom is -0.334 e. The van der Waals surface area contributed by atoms with Crippen molar-refractivity contribution in [2.75, 3.05) is 11.4 Å². The zero-order valence-electron chi connectivity index (χ0n) is 11.9. The molecular weight excluding hydrogens is 268 g/mol. The molecule has 2 unspecified atom stereocenters. The number of nitrogens with zero attached hydrogens (tertiary/aromatic N) is 3. The van der Waals surface area contributed by atoms with Gasteiger partial charge in [-0.15, -0.1) is 11.3 Å². The van der Waals surface area contributed by atoms with Crippen LogP contribution in [-0.4, -0.2) is 22.6 Å². The molecule has 4 nitrogen and oxygen atoms in total. The van der Waals surface area contributed by atoms with Gasteiger partial charge in [-0.1, -0.05) is 0 Å². The third kappa shape index (κ3) is 2.55. The van der Waals surface area contributed by atoms with Crippen molar-refractivity contribution >= 4 is 17.3 Å². The Hall–Kier alpha value is -1.46. The summed E-state index contributed by atoms with van der Waals surface area (Å²) >= 11 is 1.85. The summed E-state index contributed by atoms with van der Waals surface area (Å²) in [6.45, 7) is 5.21. The van der Waals surface area contributed by atoms with Crippen LogP contribution < -0.4 is 10.6 Å². The lowest BCUT2D eigenvalue weighted by Crippen LogP contribution is -2.34. The number of nitrogens with two attached hydrogens (primary N) is 1. The van der Waals surface area contributed by atoms with Gasteiger partial charge in [-0.25, -0.2) is 9.97 Å². The Kier molecular flexibility index (Phi) is 3.72. The molecular formula is C15H20N4S. The van der Waals surface area contributed by atoms with Crippen LogP contribution in [0.5, 0.6) is 0 Å². The molecule has 0 saturated heterocycles. The Morgan fingerprint density at radius 3 is 2.90 bits per heavy atom. The number of hydrogen-bond acceptors (Lipinski definition) is 5. The van der Waals surface area contributed by atoms with Crippen LogP contribution in [0.25, 0.3) is 0 Å². The van der Waals surface area contributed by atoms with E-state index in [0.717, 1.165) is 30.9 Å². The molecule has 5 heteroatoms. The van der Waals surface area contributed by atoms with Gasteiger partial charge in [-0.3, -0.25) is 0 Å². The van der Waals surface area contributed by atoms with Crippen molar-refractivity contribution in [3.05, 3.63) is 39.8 Å². The zero-order valence-corrected chi connectivity index (χ0v) is 12.7. The predicted molar refractivity (Wildman–Crippen MR) is 83.2 cm³/mol. The second-order valence-electron chi connectivity index (χ2n) is 5.49. The van der Waals surface area contributed by atoms with E-state index in [2.05, 4.69) is 33.2 Å². The van der Waals surface area contributed by atoms with Crippen molar-refractivity contribution < 1.29 is 0 Å². The molecule has 2 aromatic rings. The fourth-order valence-corrected chi connectivity index (χ4v) is 3.72. The molecule has 0 amide bonds. The van der Waals surface area contributed by atoms with E-state index in [1.54, 1.807) is 0 Å². The maximum Gasteiger partial charge on any atom is 0.225 e. The van der Waals surface area contributed by atoms with Crippen LogP contribution in [0, 0.1) is 0 Å². The van der Waals surface area contributed by atoms with E-state index in [9.17, 15) is 0 Å². The van der Waals surface area contributed by atoms with Crippen molar-refractivity contribution in [2.24, 2.45) is 5.73 Å². The van der Waals surface area contributed by atoms with Gasteiger partial charge in [-0.05, 0) is 49.3 Å². The van der Waals surface area contributed by atoms with E-state index in [1.165, 1.54) is 10.4 Å². The number of anilines is 1. The monoisotopic (exact) mass is 288 g/mol. The number of rotatable bonds is 3. The lowest BCUT2D eigenvalue weighted by Gasteiger charge is -2.33. The van der Waals surface area contributed by atoms with Gasteiger partial charge in [-0.2, -0.15) is 0 Å². The number of aromatic nitrogens is 2. The van der Waals surface area contributed by atoms with E-state index in [0.29, 0.717) is 6.04 Å². The second kappa shape index (κ2) is 5.50. The van der Waals surface area contributed by atoms with Crippen molar-refractivity contribution in [3.8, 4) is 0 Å². The lowest BCUT2D eigenvalue weighted by molar-refractivity contribution is 0.614. The molecule has 3 heterocycles. The summed E-state index contributed by atoms with van der Waals surface area (Å²) in [5.74, 6) is 0.822. The summed E-state index contributed by atoms with van der Waals surface area (Å²) < 4.78 is 0. The molecule has 1 aliphatic heterocycles. The fraction of sp³-hybridized carbons (Fsp3) is 0.467. The molecule has 3 rings (SSSR count). The van der Waals surface area contributed by atoms with Crippen LogP contribution in [-0.2, 0) is 12.8 Å². The summed E-state index contributed by atoms with van der Waals surface area (Å²) in [5, 5.41) is 2.18. The maximum atomic E-state index is 5.80. The van der Waals surface area contributed by atoms with Crippen molar-refractivity contribution in [1.82, 2.24) is 9.97 Å². The zero-order chi connectivity index (χ0) is 14.1. The molecule has 0 saturated carbocycles. The molecule has 0 aromatic carbocycles. The summed E-state index contributed by atoms with van der Waals surface area (Å²) in [7, 11) is 0.